The zero-order valence-corrected chi connectivity index (χ0v) is 10.4. The lowest BCUT2D eigenvalue weighted by Gasteiger charge is -2.13. The van der Waals surface area contributed by atoms with Gasteiger partial charge in [0, 0.05) is 18.0 Å². The highest BCUT2D eigenvalue weighted by molar-refractivity contribution is 7.91. The number of rotatable bonds is 2. The van der Waals surface area contributed by atoms with Crippen molar-refractivity contribution in [3.63, 3.8) is 0 Å². The lowest BCUT2D eigenvalue weighted by molar-refractivity contribution is 0.0941. The first-order valence-electron chi connectivity index (χ1n) is 5.03. The molecule has 0 aliphatic carbocycles. The molecule has 2 rings (SSSR count). The van der Waals surface area contributed by atoms with Gasteiger partial charge in [-0.15, -0.1) is 11.6 Å². The molecule has 2 unspecified atom stereocenters. The molecule has 92 valence electrons. The zero-order valence-electron chi connectivity index (χ0n) is 8.84. The first-order chi connectivity index (χ1) is 7.98. The van der Waals surface area contributed by atoms with E-state index in [1.807, 2.05) is 0 Å². The summed E-state index contributed by atoms with van der Waals surface area (Å²) >= 11 is 5.89. The third-order valence-electron chi connectivity index (χ3n) is 2.54. The van der Waals surface area contributed by atoms with Gasteiger partial charge in [0.05, 0.1) is 22.9 Å². The molecule has 1 aromatic heterocycles. The molecule has 0 bridgehead atoms. The van der Waals surface area contributed by atoms with Gasteiger partial charge in [-0.1, -0.05) is 0 Å². The molecule has 1 aliphatic heterocycles. The standard InChI is InChI=1S/C10H11ClN2O3S/c11-8-5-17(15,16)6-9(8)13-10(14)7-1-3-12-4-2-7/h1-4,8-9H,5-6H2,(H,13,14). The van der Waals surface area contributed by atoms with Crippen molar-refractivity contribution in [2.45, 2.75) is 11.4 Å². The molecule has 1 fully saturated rings. The van der Waals surface area contributed by atoms with Crippen LogP contribution in [0.1, 0.15) is 10.4 Å². The molecule has 0 aromatic carbocycles. The molecular weight excluding hydrogens is 264 g/mol. The fraction of sp³-hybridized carbons (Fsp3) is 0.400. The van der Waals surface area contributed by atoms with E-state index in [9.17, 15) is 13.2 Å². The Labute approximate surface area is 104 Å². The Morgan fingerprint density at radius 3 is 2.53 bits per heavy atom. The number of pyridine rings is 1. The summed E-state index contributed by atoms with van der Waals surface area (Å²) in [6, 6.07) is 2.59. The van der Waals surface area contributed by atoms with E-state index in [1.165, 1.54) is 12.4 Å². The van der Waals surface area contributed by atoms with Crippen LogP contribution in [0.2, 0.25) is 0 Å². The Kier molecular flexibility index (Phi) is 3.35. The molecule has 1 amide bonds. The molecule has 2 atom stereocenters. The predicted octanol–water partition coefficient (Wildman–Crippen LogP) is 0.216. The van der Waals surface area contributed by atoms with Crippen molar-refractivity contribution in [1.82, 2.24) is 10.3 Å². The molecule has 0 spiro atoms. The Morgan fingerprint density at radius 2 is 2.00 bits per heavy atom. The molecule has 1 aliphatic rings. The van der Waals surface area contributed by atoms with Gasteiger partial charge in [0.15, 0.2) is 9.84 Å². The van der Waals surface area contributed by atoms with E-state index >= 15 is 0 Å². The SMILES string of the molecule is O=C(NC1CS(=O)(=O)CC1Cl)c1ccncc1. The van der Waals surface area contributed by atoms with Crippen molar-refractivity contribution in [3.8, 4) is 0 Å². The van der Waals surface area contributed by atoms with Gasteiger partial charge >= 0.3 is 0 Å². The highest BCUT2D eigenvalue weighted by Crippen LogP contribution is 2.18. The maximum Gasteiger partial charge on any atom is 0.251 e. The first-order valence-corrected chi connectivity index (χ1v) is 7.29. The molecule has 1 aromatic rings. The minimum Gasteiger partial charge on any atom is -0.347 e. The van der Waals surface area contributed by atoms with Crippen LogP contribution in [0.5, 0.6) is 0 Å². The van der Waals surface area contributed by atoms with E-state index in [1.54, 1.807) is 12.1 Å². The van der Waals surface area contributed by atoms with E-state index in [4.69, 9.17) is 11.6 Å². The molecule has 17 heavy (non-hydrogen) atoms. The van der Waals surface area contributed by atoms with Crippen LogP contribution < -0.4 is 5.32 Å². The summed E-state index contributed by atoms with van der Waals surface area (Å²) in [6.45, 7) is 0. The smallest absolute Gasteiger partial charge is 0.251 e. The van der Waals surface area contributed by atoms with Crippen molar-refractivity contribution >= 4 is 27.3 Å². The summed E-state index contributed by atoms with van der Waals surface area (Å²) in [5.41, 5.74) is 0.438. The second-order valence-electron chi connectivity index (χ2n) is 3.91. The average molecular weight is 275 g/mol. The van der Waals surface area contributed by atoms with Crippen LogP contribution in [0.15, 0.2) is 24.5 Å². The summed E-state index contributed by atoms with van der Waals surface area (Å²) in [4.78, 5) is 15.6. The largest absolute Gasteiger partial charge is 0.347 e. The van der Waals surface area contributed by atoms with Gasteiger partial charge in [0.2, 0.25) is 0 Å². The summed E-state index contributed by atoms with van der Waals surface area (Å²) in [5, 5.41) is 2.06. The van der Waals surface area contributed by atoms with E-state index in [0.717, 1.165) is 0 Å². The number of nitrogens with one attached hydrogen (secondary N) is 1. The van der Waals surface area contributed by atoms with Crippen LogP contribution in [0.25, 0.3) is 0 Å². The van der Waals surface area contributed by atoms with E-state index < -0.39 is 21.3 Å². The van der Waals surface area contributed by atoms with Crippen LogP contribution in [0, 0.1) is 0 Å². The second kappa shape index (κ2) is 4.62. The van der Waals surface area contributed by atoms with Crippen LogP contribution >= 0.6 is 11.6 Å². The first kappa shape index (κ1) is 12.3. The van der Waals surface area contributed by atoms with Crippen molar-refractivity contribution < 1.29 is 13.2 Å². The lowest BCUT2D eigenvalue weighted by atomic mass is 10.2. The van der Waals surface area contributed by atoms with E-state index in [0.29, 0.717) is 5.56 Å². The Balaban J connectivity index is 2.06. The lowest BCUT2D eigenvalue weighted by Crippen LogP contribution is -2.40. The molecule has 0 radical (unpaired) electrons. The Bertz CT molecular complexity index is 518. The van der Waals surface area contributed by atoms with Crippen LogP contribution in [-0.4, -0.2) is 42.2 Å². The Hall–Kier alpha value is -1.14. The van der Waals surface area contributed by atoms with Crippen molar-refractivity contribution in [2.24, 2.45) is 0 Å². The normalized spacial score (nSPS) is 26.6. The molecule has 7 heteroatoms. The molecule has 1 saturated heterocycles. The van der Waals surface area contributed by atoms with Crippen LogP contribution in [0.3, 0.4) is 0 Å². The van der Waals surface area contributed by atoms with Crippen LogP contribution in [0.4, 0.5) is 0 Å². The summed E-state index contributed by atoms with van der Waals surface area (Å²) in [7, 11) is -3.13. The summed E-state index contributed by atoms with van der Waals surface area (Å²) < 4.78 is 22.6. The highest BCUT2D eigenvalue weighted by atomic mass is 35.5. The fourth-order valence-electron chi connectivity index (χ4n) is 1.69. The number of sulfone groups is 1. The van der Waals surface area contributed by atoms with Crippen molar-refractivity contribution in [3.05, 3.63) is 30.1 Å². The highest BCUT2D eigenvalue weighted by Gasteiger charge is 2.37. The molecular formula is C10H11ClN2O3S. The fourth-order valence-corrected chi connectivity index (χ4v) is 4.24. The van der Waals surface area contributed by atoms with Crippen molar-refractivity contribution in [2.75, 3.05) is 11.5 Å². The molecule has 1 N–H and O–H groups in total. The van der Waals surface area contributed by atoms with E-state index in [2.05, 4.69) is 10.3 Å². The predicted molar refractivity (Wildman–Crippen MR) is 63.8 cm³/mol. The minimum atomic E-state index is -3.13. The zero-order chi connectivity index (χ0) is 12.5. The monoisotopic (exact) mass is 274 g/mol. The number of amides is 1. The second-order valence-corrected chi connectivity index (χ2v) is 6.62. The quantitative estimate of drug-likeness (QED) is 0.783. The van der Waals surface area contributed by atoms with Crippen LogP contribution in [-0.2, 0) is 9.84 Å². The third kappa shape index (κ3) is 2.95. The van der Waals surface area contributed by atoms with Gasteiger partial charge in [-0.3, -0.25) is 9.78 Å². The maximum atomic E-state index is 11.8. The number of aromatic nitrogens is 1. The molecule has 5 nitrogen and oxygen atoms in total. The van der Waals surface area contributed by atoms with Gasteiger partial charge in [-0.2, -0.15) is 0 Å². The molecule has 0 saturated carbocycles. The van der Waals surface area contributed by atoms with Gasteiger partial charge < -0.3 is 5.32 Å². The number of hydrogen-bond acceptors (Lipinski definition) is 4. The minimum absolute atomic E-state index is 0.0875. The van der Waals surface area contributed by atoms with Crippen molar-refractivity contribution in [1.29, 1.82) is 0 Å². The number of alkyl halides is 1. The number of hydrogen-bond donors (Lipinski definition) is 1. The number of carbonyl (C=O) groups excluding carboxylic acids is 1. The Morgan fingerprint density at radius 1 is 1.35 bits per heavy atom. The number of carbonyl (C=O) groups is 1. The maximum absolute atomic E-state index is 11.8. The third-order valence-corrected chi connectivity index (χ3v) is 4.92. The van der Waals surface area contributed by atoms with Gasteiger partial charge in [0.1, 0.15) is 0 Å². The van der Waals surface area contributed by atoms with Gasteiger partial charge in [-0.05, 0) is 12.1 Å². The van der Waals surface area contributed by atoms with E-state index in [-0.39, 0.29) is 17.4 Å². The average Bonchev–Trinajstić information content (AvgIpc) is 2.53. The summed E-state index contributed by atoms with van der Waals surface area (Å²) in [6.07, 6.45) is 3.00. The number of nitrogens with zero attached hydrogens (tertiary/aromatic N) is 1. The van der Waals surface area contributed by atoms with Gasteiger partial charge in [0.25, 0.3) is 5.91 Å². The topological polar surface area (TPSA) is 76.1 Å². The molecule has 2 heterocycles. The van der Waals surface area contributed by atoms with Gasteiger partial charge in [-0.25, -0.2) is 8.42 Å². The number of halogens is 1. The summed E-state index contributed by atoms with van der Waals surface area (Å²) in [5.74, 6) is -0.520.